The van der Waals surface area contributed by atoms with Crippen LogP contribution in [0.15, 0.2) is 32.2 Å². The van der Waals surface area contributed by atoms with Crippen LogP contribution in [0.5, 0.6) is 0 Å². The Kier molecular flexibility index (Phi) is 4.16. The molecule has 0 aromatic carbocycles. The van der Waals surface area contributed by atoms with Gasteiger partial charge in [-0.05, 0) is 11.4 Å². The fourth-order valence-corrected chi connectivity index (χ4v) is 3.38. The summed E-state index contributed by atoms with van der Waals surface area (Å²) in [7, 11) is 1.58. The quantitative estimate of drug-likeness (QED) is 0.760. The van der Waals surface area contributed by atoms with E-state index < -0.39 is 5.76 Å². The van der Waals surface area contributed by atoms with Crippen molar-refractivity contribution >= 4 is 28.6 Å². The topological polar surface area (TPSA) is 90.0 Å². The number of hydrogen-bond acceptors (Lipinski definition) is 7. The highest BCUT2D eigenvalue weighted by Crippen LogP contribution is 2.22. The van der Waals surface area contributed by atoms with E-state index in [1.807, 2.05) is 22.9 Å². The minimum atomic E-state index is -0.524. The summed E-state index contributed by atoms with van der Waals surface area (Å²) in [6.07, 6.45) is 0.234. The van der Waals surface area contributed by atoms with Crippen LogP contribution in [0.25, 0.3) is 10.7 Å². The van der Waals surface area contributed by atoms with Gasteiger partial charge in [0.05, 0.1) is 23.5 Å². The second-order valence-corrected chi connectivity index (χ2v) is 6.31. The zero-order chi connectivity index (χ0) is 15.5. The fourth-order valence-electron chi connectivity index (χ4n) is 1.88. The smallest absolute Gasteiger partial charge is 0.359 e. The van der Waals surface area contributed by atoms with Crippen molar-refractivity contribution in [2.75, 3.05) is 7.05 Å². The number of likely N-dealkylation sites (N-methyl/N-ethyl adjacent to an activating group) is 1. The first kappa shape index (κ1) is 14.7. The summed E-state index contributed by atoms with van der Waals surface area (Å²) >= 11 is 2.87. The number of carbonyl (C=O) groups is 1. The van der Waals surface area contributed by atoms with Crippen molar-refractivity contribution in [2.45, 2.75) is 13.0 Å². The van der Waals surface area contributed by atoms with Crippen LogP contribution in [0.1, 0.15) is 10.7 Å². The Bertz CT molecular complexity index is 832. The molecule has 0 saturated carbocycles. The summed E-state index contributed by atoms with van der Waals surface area (Å²) in [5.74, 6) is -0.132. The molecule has 114 valence electrons. The lowest BCUT2D eigenvalue weighted by molar-refractivity contribution is -0.119. The molecule has 1 amide bonds. The van der Waals surface area contributed by atoms with Gasteiger partial charge in [-0.25, -0.2) is 14.3 Å². The van der Waals surface area contributed by atoms with Gasteiger partial charge < -0.3 is 5.32 Å². The number of nitrogens with one attached hydrogen (secondary N) is 1. The summed E-state index contributed by atoms with van der Waals surface area (Å²) < 4.78 is 6.19. The molecular formula is C13H12N4O3S2. The first-order chi connectivity index (χ1) is 10.7. The highest BCUT2D eigenvalue weighted by molar-refractivity contribution is 7.13. The molecule has 9 heteroatoms. The van der Waals surface area contributed by atoms with Crippen LogP contribution in [0, 0.1) is 0 Å². The Balaban J connectivity index is 1.84. The van der Waals surface area contributed by atoms with E-state index in [2.05, 4.69) is 15.5 Å². The highest BCUT2D eigenvalue weighted by atomic mass is 32.1. The monoisotopic (exact) mass is 336 g/mol. The molecule has 0 unspecified atom stereocenters. The summed E-state index contributed by atoms with van der Waals surface area (Å²) in [6, 6.07) is 3.75. The van der Waals surface area contributed by atoms with Crippen LogP contribution in [-0.4, -0.2) is 27.7 Å². The Labute approximate surface area is 133 Å². The molecule has 0 aliphatic heterocycles. The normalized spacial score (nSPS) is 10.8. The molecule has 22 heavy (non-hydrogen) atoms. The van der Waals surface area contributed by atoms with Crippen molar-refractivity contribution in [1.29, 1.82) is 0 Å². The Morgan fingerprint density at radius 2 is 2.32 bits per heavy atom. The lowest BCUT2D eigenvalue weighted by atomic mass is 10.4. The molecule has 1 N–H and O–H groups in total. The van der Waals surface area contributed by atoms with Gasteiger partial charge >= 0.3 is 5.76 Å². The van der Waals surface area contributed by atoms with E-state index in [1.165, 1.54) is 27.2 Å². The summed E-state index contributed by atoms with van der Waals surface area (Å²) in [5, 5.41) is 10.8. The number of rotatable bonds is 5. The summed E-state index contributed by atoms with van der Waals surface area (Å²) in [4.78, 5) is 28.4. The molecule has 3 rings (SSSR count). The van der Waals surface area contributed by atoms with Crippen molar-refractivity contribution in [1.82, 2.24) is 20.0 Å². The Hall–Kier alpha value is -2.26. The average Bonchev–Trinajstić information content (AvgIpc) is 3.23. The standard InChI is InChI=1S/C13H12N4O3S2/c1-14-10(18)5-11-15-8(7-22-11)6-17-12(16-20-13(17)19)9-3-2-4-21-9/h2-4,7H,5-6H2,1H3,(H,14,18). The van der Waals surface area contributed by atoms with Crippen molar-refractivity contribution in [3.05, 3.63) is 44.1 Å². The van der Waals surface area contributed by atoms with E-state index in [-0.39, 0.29) is 18.9 Å². The number of nitrogens with zero attached hydrogens (tertiary/aromatic N) is 3. The van der Waals surface area contributed by atoms with E-state index in [0.717, 1.165) is 4.88 Å². The average molecular weight is 336 g/mol. The molecule has 0 atom stereocenters. The van der Waals surface area contributed by atoms with Crippen LogP contribution in [0.3, 0.4) is 0 Å². The van der Waals surface area contributed by atoms with Gasteiger partial charge in [0.2, 0.25) is 5.91 Å². The molecule has 0 radical (unpaired) electrons. The molecular weight excluding hydrogens is 324 g/mol. The van der Waals surface area contributed by atoms with Gasteiger partial charge in [0.15, 0.2) is 5.82 Å². The van der Waals surface area contributed by atoms with Gasteiger partial charge in [0.25, 0.3) is 0 Å². The third kappa shape index (κ3) is 3.00. The molecule has 3 aromatic rings. The van der Waals surface area contributed by atoms with Crippen molar-refractivity contribution in [3.8, 4) is 10.7 Å². The first-order valence-electron chi connectivity index (χ1n) is 6.41. The van der Waals surface area contributed by atoms with Gasteiger partial charge in [0, 0.05) is 12.4 Å². The largest absolute Gasteiger partial charge is 0.442 e. The lowest BCUT2D eigenvalue weighted by Gasteiger charge is -2.00. The third-order valence-electron chi connectivity index (χ3n) is 2.94. The van der Waals surface area contributed by atoms with Crippen LogP contribution < -0.4 is 11.1 Å². The maximum atomic E-state index is 11.8. The van der Waals surface area contributed by atoms with E-state index in [1.54, 1.807) is 7.05 Å². The predicted octanol–water partition coefficient (Wildman–Crippen LogP) is 1.36. The number of carbonyl (C=O) groups excluding carboxylic acids is 1. The number of aromatic nitrogens is 3. The molecule has 0 saturated heterocycles. The van der Waals surface area contributed by atoms with Gasteiger partial charge in [-0.15, -0.1) is 22.7 Å². The number of thiophene rings is 1. The maximum absolute atomic E-state index is 11.8. The van der Waals surface area contributed by atoms with E-state index in [0.29, 0.717) is 16.5 Å². The van der Waals surface area contributed by atoms with Crippen LogP contribution in [0.2, 0.25) is 0 Å². The zero-order valence-electron chi connectivity index (χ0n) is 11.6. The molecule has 3 heterocycles. The Morgan fingerprint density at radius 1 is 1.45 bits per heavy atom. The van der Waals surface area contributed by atoms with E-state index >= 15 is 0 Å². The molecule has 3 aromatic heterocycles. The van der Waals surface area contributed by atoms with Crippen LogP contribution >= 0.6 is 22.7 Å². The van der Waals surface area contributed by atoms with Gasteiger partial charge in [0.1, 0.15) is 5.01 Å². The predicted molar refractivity (Wildman–Crippen MR) is 83.1 cm³/mol. The highest BCUT2D eigenvalue weighted by Gasteiger charge is 2.15. The fraction of sp³-hybridized carbons (Fsp3) is 0.231. The van der Waals surface area contributed by atoms with Gasteiger partial charge in [-0.1, -0.05) is 11.2 Å². The van der Waals surface area contributed by atoms with Crippen LogP contribution in [0.4, 0.5) is 0 Å². The second-order valence-electron chi connectivity index (χ2n) is 4.42. The summed E-state index contributed by atoms with van der Waals surface area (Å²) in [5.41, 5.74) is 0.701. The minimum Gasteiger partial charge on any atom is -0.359 e. The molecule has 0 aliphatic carbocycles. The Morgan fingerprint density at radius 3 is 3.05 bits per heavy atom. The first-order valence-corrected chi connectivity index (χ1v) is 8.17. The molecule has 0 fully saturated rings. The molecule has 0 spiro atoms. The van der Waals surface area contributed by atoms with E-state index in [9.17, 15) is 9.59 Å². The minimum absolute atomic E-state index is 0.0951. The van der Waals surface area contributed by atoms with Gasteiger partial charge in [-0.3, -0.25) is 9.32 Å². The van der Waals surface area contributed by atoms with Crippen molar-refractivity contribution in [3.63, 3.8) is 0 Å². The second kappa shape index (κ2) is 6.24. The number of hydrogen-bond donors (Lipinski definition) is 1. The van der Waals surface area contributed by atoms with E-state index in [4.69, 9.17) is 4.52 Å². The third-order valence-corrected chi connectivity index (χ3v) is 4.70. The lowest BCUT2D eigenvalue weighted by Crippen LogP contribution is -2.20. The summed E-state index contributed by atoms with van der Waals surface area (Å²) in [6.45, 7) is 0.264. The van der Waals surface area contributed by atoms with Crippen LogP contribution in [-0.2, 0) is 17.8 Å². The van der Waals surface area contributed by atoms with Crippen molar-refractivity contribution < 1.29 is 9.32 Å². The maximum Gasteiger partial charge on any atom is 0.442 e. The molecule has 0 bridgehead atoms. The SMILES string of the molecule is CNC(=O)Cc1nc(Cn2c(-c3cccs3)noc2=O)cs1. The molecule has 0 aliphatic rings. The molecule has 7 nitrogen and oxygen atoms in total. The zero-order valence-corrected chi connectivity index (χ0v) is 13.2. The van der Waals surface area contributed by atoms with Crippen molar-refractivity contribution in [2.24, 2.45) is 0 Å². The number of thiazole rings is 1. The number of amides is 1. The van der Waals surface area contributed by atoms with Gasteiger partial charge in [-0.2, -0.15) is 0 Å².